The van der Waals surface area contributed by atoms with Crippen LogP contribution in [0.2, 0.25) is 0 Å². The van der Waals surface area contributed by atoms with E-state index < -0.39 is 10.0 Å². The van der Waals surface area contributed by atoms with Crippen LogP contribution in [0.15, 0.2) is 4.90 Å². The maximum absolute atomic E-state index is 12.8. The number of hydrogen-bond donors (Lipinski definition) is 2. The number of rotatable bonds is 4. The van der Waals surface area contributed by atoms with Gasteiger partial charge in [0.2, 0.25) is 10.0 Å². The van der Waals surface area contributed by atoms with E-state index in [1.54, 1.807) is 14.0 Å². The van der Waals surface area contributed by atoms with E-state index in [1.807, 2.05) is 7.05 Å². The van der Waals surface area contributed by atoms with Crippen molar-refractivity contribution >= 4 is 10.0 Å². The molecule has 0 saturated carbocycles. The zero-order valence-electron chi connectivity index (χ0n) is 12.3. The zero-order valence-corrected chi connectivity index (χ0v) is 13.1. The van der Waals surface area contributed by atoms with Crippen molar-refractivity contribution in [2.75, 3.05) is 27.2 Å². The number of nitrogens with two attached hydrogens (primary N) is 1. The van der Waals surface area contributed by atoms with Crippen molar-refractivity contribution in [3.63, 3.8) is 0 Å². The van der Waals surface area contributed by atoms with Gasteiger partial charge in [0.15, 0.2) is 0 Å². The number of aryl methyl sites for hydroxylation is 1. The van der Waals surface area contributed by atoms with E-state index in [4.69, 9.17) is 5.73 Å². The Morgan fingerprint density at radius 3 is 2.85 bits per heavy atom. The summed E-state index contributed by atoms with van der Waals surface area (Å²) in [5.41, 5.74) is 6.53. The van der Waals surface area contributed by atoms with Crippen molar-refractivity contribution in [1.82, 2.24) is 19.4 Å². The molecule has 1 atom stereocenters. The van der Waals surface area contributed by atoms with E-state index in [-0.39, 0.29) is 17.5 Å². The Kier molecular flexibility index (Phi) is 4.48. The summed E-state index contributed by atoms with van der Waals surface area (Å²) in [6.07, 6.45) is 1.89. The van der Waals surface area contributed by atoms with E-state index in [9.17, 15) is 8.42 Å². The molecule has 114 valence electrons. The second-order valence-corrected chi connectivity index (χ2v) is 7.34. The number of sulfonamides is 1. The van der Waals surface area contributed by atoms with Crippen LogP contribution < -0.4 is 5.73 Å². The fourth-order valence-corrected chi connectivity index (χ4v) is 4.44. The Labute approximate surface area is 120 Å². The van der Waals surface area contributed by atoms with Crippen LogP contribution in [0, 0.1) is 6.92 Å². The number of likely N-dealkylation sites (tertiary alicyclic amines) is 1. The van der Waals surface area contributed by atoms with Gasteiger partial charge in [0.25, 0.3) is 0 Å². The average Bonchev–Trinajstić information content (AvgIpc) is 2.79. The lowest BCUT2D eigenvalue weighted by atomic mass is 10.1. The molecule has 1 aliphatic heterocycles. The molecule has 0 radical (unpaired) electrons. The highest BCUT2D eigenvalue weighted by atomic mass is 32.2. The minimum atomic E-state index is -3.56. The van der Waals surface area contributed by atoms with Gasteiger partial charge in [0, 0.05) is 26.2 Å². The predicted molar refractivity (Wildman–Crippen MR) is 76.7 cm³/mol. The van der Waals surface area contributed by atoms with Gasteiger partial charge in [0.1, 0.15) is 4.90 Å². The molecule has 0 spiro atoms. The van der Waals surface area contributed by atoms with E-state index in [0.29, 0.717) is 11.4 Å². The van der Waals surface area contributed by atoms with Crippen LogP contribution in [-0.2, 0) is 16.6 Å². The lowest BCUT2D eigenvalue weighted by Gasteiger charge is -2.35. The highest BCUT2D eigenvalue weighted by Crippen LogP contribution is 2.25. The van der Waals surface area contributed by atoms with Crippen molar-refractivity contribution in [3.8, 4) is 0 Å². The van der Waals surface area contributed by atoms with Gasteiger partial charge in [-0.3, -0.25) is 5.10 Å². The fourth-order valence-electron chi connectivity index (χ4n) is 2.73. The largest absolute Gasteiger partial charge is 0.325 e. The predicted octanol–water partition coefficient (Wildman–Crippen LogP) is -0.108. The van der Waals surface area contributed by atoms with Gasteiger partial charge >= 0.3 is 0 Å². The Balaban J connectivity index is 2.31. The topological polar surface area (TPSA) is 95.3 Å². The highest BCUT2D eigenvalue weighted by Gasteiger charge is 2.34. The minimum Gasteiger partial charge on any atom is -0.325 e. The second-order valence-electron chi connectivity index (χ2n) is 5.41. The van der Waals surface area contributed by atoms with Crippen LogP contribution in [-0.4, -0.2) is 61.0 Å². The molecule has 8 heteroatoms. The van der Waals surface area contributed by atoms with Crippen LogP contribution in [0.1, 0.15) is 24.2 Å². The van der Waals surface area contributed by atoms with Crippen LogP contribution in [0.5, 0.6) is 0 Å². The van der Waals surface area contributed by atoms with Gasteiger partial charge in [-0.1, -0.05) is 0 Å². The Hall–Kier alpha value is -0.960. The maximum atomic E-state index is 12.8. The maximum Gasteiger partial charge on any atom is 0.246 e. The zero-order chi connectivity index (χ0) is 14.9. The number of likely N-dealkylation sites (N-methyl/N-ethyl adjacent to an activating group) is 2. The molecule has 0 amide bonds. The van der Waals surface area contributed by atoms with Crippen LogP contribution in [0.25, 0.3) is 0 Å². The van der Waals surface area contributed by atoms with E-state index in [2.05, 4.69) is 15.1 Å². The number of nitrogens with zero attached hydrogens (tertiary/aromatic N) is 3. The third-order valence-corrected chi connectivity index (χ3v) is 6.02. The molecule has 1 saturated heterocycles. The first kappa shape index (κ1) is 15.4. The van der Waals surface area contributed by atoms with Gasteiger partial charge in [-0.25, -0.2) is 8.42 Å². The van der Waals surface area contributed by atoms with Crippen molar-refractivity contribution in [2.45, 2.75) is 37.2 Å². The monoisotopic (exact) mass is 301 g/mol. The summed E-state index contributed by atoms with van der Waals surface area (Å²) in [6, 6.07) is -0.00123. The summed E-state index contributed by atoms with van der Waals surface area (Å²) in [4.78, 5) is 2.39. The number of hydrogen-bond acceptors (Lipinski definition) is 5. The summed E-state index contributed by atoms with van der Waals surface area (Å²) >= 11 is 0. The van der Waals surface area contributed by atoms with Gasteiger partial charge in [0.05, 0.1) is 11.4 Å². The van der Waals surface area contributed by atoms with Gasteiger partial charge in [-0.2, -0.15) is 9.40 Å². The van der Waals surface area contributed by atoms with E-state index in [0.717, 1.165) is 25.9 Å². The molecular weight excluding hydrogens is 278 g/mol. The second kappa shape index (κ2) is 5.80. The van der Waals surface area contributed by atoms with Crippen molar-refractivity contribution in [1.29, 1.82) is 0 Å². The lowest BCUT2D eigenvalue weighted by molar-refractivity contribution is 0.187. The third-order valence-electron chi connectivity index (χ3n) is 3.91. The minimum absolute atomic E-state index is 0.00123. The summed E-state index contributed by atoms with van der Waals surface area (Å²) < 4.78 is 27.1. The molecule has 1 unspecified atom stereocenters. The first-order valence-corrected chi connectivity index (χ1v) is 8.22. The van der Waals surface area contributed by atoms with Crippen LogP contribution in [0.4, 0.5) is 0 Å². The molecule has 0 bridgehead atoms. The Bertz CT molecular complexity index is 568. The smallest absolute Gasteiger partial charge is 0.246 e. The quantitative estimate of drug-likeness (QED) is 0.809. The summed E-state index contributed by atoms with van der Waals surface area (Å²) in [7, 11) is 0.100. The molecule has 0 aromatic carbocycles. The molecule has 7 nitrogen and oxygen atoms in total. The first-order valence-electron chi connectivity index (χ1n) is 6.78. The van der Waals surface area contributed by atoms with Crippen LogP contribution in [0.3, 0.4) is 0 Å². The molecule has 2 heterocycles. The fraction of sp³-hybridized carbons (Fsp3) is 0.750. The number of H-pyrrole nitrogens is 1. The summed E-state index contributed by atoms with van der Waals surface area (Å²) in [6.45, 7) is 3.59. The molecule has 20 heavy (non-hydrogen) atoms. The van der Waals surface area contributed by atoms with Crippen molar-refractivity contribution in [2.24, 2.45) is 5.73 Å². The Morgan fingerprint density at radius 2 is 2.25 bits per heavy atom. The molecule has 1 fully saturated rings. The first-order chi connectivity index (χ1) is 9.37. The lowest BCUT2D eigenvalue weighted by Crippen LogP contribution is -2.47. The Morgan fingerprint density at radius 1 is 1.55 bits per heavy atom. The number of aromatic amines is 1. The molecule has 1 aromatic heterocycles. The molecule has 1 aromatic rings. The summed E-state index contributed by atoms with van der Waals surface area (Å²) in [5, 5.41) is 6.69. The molecule has 1 aliphatic rings. The SMILES string of the molecule is Cc1[nH]nc(CN)c1S(=O)(=O)N(C)C1CCCN(C)C1. The molecule has 3 N–H and O–H groups in total. The van der Waals surface area contributed by atoms with E-state index in [1.165, 1.54) is 4.31 Å². The average molecular weight is 301 g/mol. The molecule has 0 aliphatic carbocycles. The van der Waals surface area contributed by atoms with Crippen molar-refractivity contribution in [3.05, 3.63) is 11.4 Å². The highest BCUT2D eigenvalue weighted by molar-refractivity contribution is 7.89. The van der Waals surface area contributed by atoms with Gasteiger partial charge in [-0.05, 0) is 33.4 Å². The van der Waals surface area contributed by atoms with Crippen molar-refractivity contribution < 1.29 is 8.42 Å². The molecular formula is C12H23N5O2S. The number of nitrogens with one attached hydrogen (secondary N) is 1. The van der Waals surface area contributed by atoms with Gasteiger partial charge in [-0.15, -0.1) is 0 Å². The van der Waals surface area contributed by atoms with Gasteiger partial charge < -0.3 is 10.6 Å². The normalized spacial score (nSPS) is 21.6. The summed E-state index contributed by atoms with van der Waals surface area (Å²) in [5.74, 6) is 0. The van der Waals surface area contributed by atoms with E-state index >= 15 is 0 Å². The molecule has 2 rings (SSSR count). The third kappa shape index (κ3) is 2.73. The number of piperidine rings is 1. The van der Waals surface area contributed by atoms with Crippen LogP contribution >= 0.6 is 0 Å². The standard InChI is InChI=1S/C12H23N5O2S/c1-9-12(11(7-13)15-14-9)20(18,19)17(3)10-5-4-6-16(2)8-10/h10H,4-8,13H2,1-3H3,(H,14,15). The number of aromatic nitrogens is 2.